The van der Waals surface area contributed by atoms with Crippen LogP contribution in [0.25, 0.3) is 0 Å². The number of hydrogen-bond donors (Lipinski definition) is 0. The Morgan fingerprint density at radius 1 is 1.06 bits per heavy atom. The highest BCUT2D eigenvalue weighted by Crippen LogP contribution is 2.90. The Bertz CT molecular complexity index is 554. The second-order valence-electron chi connectivity index (χ2n) is 5.72. The van der Waals surface area contributed by atoms with Crippen molar-refractivity contribution in [2.75, 3.05) is 0 Å². The molecular weight excluding hydrogens is 228 g/mol. The SMILES string of the molecule is O=C1C=C[C@@H]2C3[C@@H]4C([C@@H]34)[C@]12Sc1ccccc1. The molecule has 1 aromatic carbocycles. The molecular formula is C15H12OS. The lowest BCUT2D eigenvalue weighted by atomic mass is 9.98. The first-order chi connectivity index (χ1) is 8.34. The highest BCUT2D eigenvalue weighted by Gasteiger charge is 2.90. The Labute approximate surface area is 104 Å². The van der Waals surface area contributed by atoms with Crippen molar-refractivity contribution in [2.24, 2.45) is 29.6 Å². The quantitative estimate of drug-likeness (QED) is 0.790. The summed E-state index contributed by atoms with van der Waals surface area (Å²) in [6.45, 7) is 0. The number of allylic oxidation sites excluding steroid dienone is 2. The normalized spacial score (nSPS) is 51.3. The van der Waals surface area contributed by atoms with E-state index in [1.54, 1.807) is 0 Å². The Kier molecular flexibility index (Phi) is 1.34. The first-order valence-electron chi connectivity index (χ1n) is 6.31. The zero-order valence-electron chi connectivity index (χ0n) is 9.24. The summed E-state index contributed by atoms with van der Waals surface area (Å²) in [7, 11) is 0. The molecule has 0 spiro atoms. The fourth-order valence-electron chi connectivity index (χ4n) is 4.43. The minimum Gasteiger partial charge on any atom is -0.293 e. The van der Waals surface area contributed by atoms with Crippen LogP contribution in [0.1, 0.15) is 0 Å². The Hall–Kier alpha value is -1.02. The first kappa shape index (κ1) is 8.98. The van der Waals surface area contributed by atoms with Crippen LogP contribution in [0.2, 0.25) is 0 Å². The first-order valence-corrected chi connectivity index (χ1v) is 7.12. The van der Waals surface area contributed by atoms with E-state index in [9.17, 15) is 4.79 Å². The third-order valence-electron chi connectivity index (χ3n) is 5.16. The van der Waals surface area contributed by atoms with Crippen molar-refractivity contribution in [1.82, 2.24) is 0 Å². The highest BCUT2D eigenvalue weighted by atomic mass is 32.2. The van der Waals surface area contributed by atoms with Crippen LogP contribution in [-0.2, 0) is 4.79 Å². The lowest BCUT2D eigenvalue weighted by Gasteiger charge is -2.27. The zero-order chi connectivity index (χ0) is 11.2. The van der Waals surface area contributed by atoms with E-state index in [-0.39, 0.29) is 4.75 Å². The average Bonchev–Trinajstić information content (AvgIpc) is 3.15. The molecule has 4 atom stereocenters. The van der Waals surface area contributed by atoms with Crippen LogP contribution in [0.15, 0.2) is 47.4 Å². The molecule has 0 amide bonds. The van der Waals surface area contributed by atoms with Crippen molar-refractivity contribution in [2.45, 2.75) is 9.64 Å². The molecule has 2 heteroatoms. The van der Waals surface area contributed by atoms with Crippen molar-refractivity contribution >= 4 is 17.5 Å². The maximum atomic E-state index is 12.3. The number of ketones is 1. The van der Waals surface area contributed by atoms with Crippen molar-refractivity contribution in [3.05, 3.63) is 42.5 Å². The number of rotatable bonds is 2. The Morgan fingerprint density at radius 3 is 2.59 bits per heavy atom. The summed E-state index contributed by atoms with van der Waals surface area (Å²) in [4.78, 5) is 13.6. The molecule has 2 bridgehead atoms. The Morgan fingerprint density at radius 2 is 1.82 bits per heavy atom. The lowest BCUT2D eigenvalue weighted by Crippen LogP contribution is -2.35. The summed E-state index contributed by atoms with van der Waals surface area (Å²) >= 11 is 1.84. The maximum absolute atomic E-state index is 12.3. The summed E-state index contributed by atoms with van der Waals surface area (Å²) in [5.74, 6) is 4.30. The molecule has 84 valence electrons. The van der Waals surface area contributed by atoms with Gasteiger partial charge in [-0.3, -0.25) is 4.79 Å². The molecule has 0 aliphatic heterocycles. The monoisotopic (exact) mass is 240 g/mol. The van der Waals surface area contributed by atoms with Gasteiger partial charge in [0.05, 0.1) is 4.75 Å². The van der Waals surface area contributed by atoms with E-state index in [0.29, 0.717) is 17.6 Å². The molecule has 5 aliphatic carbocycles. The van der Waals surface area contributed by atoms with Crippen LogP contribution in [0, 0.1) is 29.6 Å². The van der Waals surface area contributed by atoms with Crippen molar-refractivity contribution in [3.8, 4) is 0 Å². The van der Waals surface area contributed by atoms with Gasteiger partial charge in [-0.1, -0.05) is 24.3 Å². The molecule has 0 radical (unpaired) electrons. The summed E-state index contributed by atoms with van der Waals surface area (Å²) in [6.07, 6.45) is 4.04. The van der Waals surface area contributed by atoms with Gasteiger partial charge >= 0.3 is 0 Å². The van der Waals surface area contributed by atoms with Gasteiger partial charge in [0.15, 0.2) is 5.78 Å². The molecule has 0 N–H and O–H groups in total. The molecule has 1 nitrogen and oxygen atoms in total. The largest absolute Gasteiger partial charge is 0.293 e. The van der Waals surface area contributed by atoms with Gasteiger partial charge < -0.3 is 0 Å². The van der Waals surface area contributed by atoms with Crippen molar-refractivity contribution < 1.29 is 4.79 Å². The second kappa shape index (κ2) is 2.54. The minimum atomic E-state index is -0.0959. The molecule has 0 aromatic heterocycles. The third kappa shape index (κ3) is 0.835. The fraction of sp³-hybridized carbons (Fsp3) is 0.400. The van der Waals surface area contributed by atoms with Gasteiger partial charge in [-0.15, -0.1) is 11.8 Å². The van der Waals surface area contributed by atoms with Crippen LogP contribution in [0.5, 0.6) is 0 Å². The van der Waals surface area contributed by atoms with Gasteiger partial charge in [0, 0.05) is 10.8 Å². The van der Waals surface area contributed by atoms with Gasteiger partial charge in [-0.25, -0.2) is 0 Å². The van der Waals surface area contributed by atoms with Gasteiger partial charge in [-0.2, -0.15) is 0 Å². The van der Waals surface area contributed by atoms with Crippen LogP contribution in [0.3, 0.4) is 0 Å². The Balaban J connectivity index is 1.59. The molecule has 0 saturated heterocycles. The van der Waals surface area contributed by atoms with Gasteiger partial charge in [-0.05, 0) is 41.9 Å². The third-order valence-corrected chi connectivity index (χ3v) is 6.75. The standard InChI is InChI=1S/C15H12OS/c16-10-7-6-9-11-12-13(11)14(12)15(9,10)17-8-4-2-1-3-5-8/h1-7,9,11-14H/t9-,11?,12+,13+,14?,15-/m1/s1. The van der Waals surface area contributed by atoms with E-state index >= 15 is 0 Å². The van der Waals surface area contributed by atoms with E-state index in [1.165, 1.54) is 4.90 Å². The van der Waals surface area contributed by atoms with Crippen LogP contribution < -0.4 is 0 Å². The van der Waals surface area contributed by atoms with E-state index in [4.69, 9.17) is 0 Å². The number of carbonyl (C=O) groups is 1. The topological polar surface area (TPSA) is 17.1 Å². The van der Waals surface area contributed by atoms with Crippen LogP contribution in [-0.4, -0.2) is 10.5 Å². The minimum absolute atomic E-state index is 0.0959. The number of benzene rings is 1. The summed E-state index contributed by atoms with van der Waals surface area (Å²) in [5, 5.41) is 0. The molecule has 4 saturated carbocycles. The summed E-state index contributed by atoms with van der Waals surface area (Å²) in [6, 6.07) is 10.4. The number of hydrogen-bond acceptors (Lipinski definition) is 2. The van der Waals surface area contributed by atoms with E-state index in [0.717, 1.165) is 17.8 Å². The van der Waals surface area contributed by atoms with E-state index in [2.05, 4.69) is 30.3 Å². The number of carbonyl (C=O) groups excluding carboxylic acids is 1. The molecule has 0 heterocycles. The van der Waals surface area contributed by atoms with E-state index in [1.807, 2.05) is 23.9 Å². The van der Waals surface area contributed by atoms with E-state index < -0.39 is 0 Å². The summed E-state index contributed by atoms with van der Waals surface area (Å²) < 4.78 is -0.0959. The highest BCUT2D eigenvalue weighted by molar-refractivity contribution is 8.01. The summed E-state index contributed by atoms with van der Waals surface area (Å²) in [5.41, 5.74) is 0. The smallest absolute Gasteiger partial charge is 0.172 e. The molecule has 17 heavy (non-hydrogen) atoms. The van der Waals surface area contributed by atoms with Gasteiger partial charge in [0.1, 0.15) is 0 Å². The molecule has 4 fully saturated rings. The molecule has 0 unspecified atom stereocenters. The second-order valence-corrected chi connectivity index (χ2v) is 7.07. The zero-order valence-corrected chi connectivity index (χ0v) is 10.1. The molecule has 5 aliphatic rings. The fourth-order valence-corrected chi connectivity index (χ4v) is 6.10. The predicted octanol–water partition coefficient (Wildman–Crippen LogP) is 2.78. The lowest BCUT2D eigenvalue weighted by molar-refractivity contribution is -0.116. The molecule has 1 aromatic rings. The van der Waals surface area contributed by atoms with Crippen LogP contribution >= 0.6 is 11.8 Å². The number of thioether (sulfide) groups is 1. The van der Waals surface area contributed by atoms with Gasteiger partial charge in [0.2, 0.25) is 0 Å². The van der Waals surface area contributed by atoms with Crippen LogP contribution in [0.4, 0.5) is 0 Å². The maximum Gasteiger partial charge on any atom is 0.172 e. The predicted molar refractivity (Wildman–Crippen MR) is 66.6 cm³/mol. The molecule has 6 rings (SSSR count). The van der Waals surface area contributed by atoms with Gasteiger partial charge in [0.25, 0.3) is 0 Å². The average molecular weight is 240 g/mol. The van der Waals surface area contributed by atoms with Crippen molar-refractivity contribution in [3.63, 3.8) is 0 Å². The van der Waals surface area contributed by atoms with Crippen molar-refractivity contribution in [1.29, 1.82) is 0 Å².